The van der Waals surface area contributed by atoms with Gasteiger partial charge < -0.3 is 14.6 Å². The topological polar surface area (TPSA) is 70.7 Å². The third kappa shape index (κ3) is 2.75. The molecule has 1 atom stereocenters. The highest BCUT2D eigenvalue weighted by atomic mass is 19.4. The minimum Gasteiger partial charge on any atom is -0.479 e. The van der Waals surface area contributed by atoms with E-state index in [-0.39, 0.29) is 5.76 Å². The van der Waals surface area contributed by atoms with Crippen LogP contribution in [0.25, 0.3) is 0 Å². The summed E-state index contributed by atoms with van der Waals surface area (Å²) < 4.78 is 40.7. The van der Waals surface area contributed by atoms with Crippen LogP contribution in [0.5, 0.6) is 0 Å². The van der Waals surface area contributed by atoms with Gasteiger partial charge in [-0.1, -0.05) is 0 Å². The number of alkyl halides is 3. The van der Waals surface area contributed by atoms with Crippen molar-refractivity contribution in [3.8, 4) is 0 Å². The number of carbonyl (C=O) groups is 1. The molecule has 1 unspecified atom stereocenters. The van der Waals surface area contributed by atoms with Crippen LogP contribution in [0.4, 0.5) is 13.2 Å². The zero-order valence-electron chi connectivity index (χ0n) is 8.21. The highest BCUT2D eigenvalue weighted by Gasteiger charge is 2.36. The maximum Gasteiger partial charge on any atom is 0.449 e. The van der Waals surface area contributed by atoms with Gasteiger partial charge in [-0.05, 0) is 19.1 Å². The number of hydrogen-bond acceptors (Lipinski definition) is 3. The summed E-state index contributed by atoms with van der Waals surface area (Å²) in [5.74, 6) is -2.99. The van der Waals surface area contributed by atoms with Crippen LogP contribution in [0.1, 0.15) is 18.4 Å². The Balaban J connectivity index is 2.85. The summed E-state index contributed by atoms with van der Waals surface area (Å²) in [6.07, 6.45) is -5.15. The highest BCUT2D eigenvalue weighted by molar-refractivity contribution is 5.76. The molecular formula is C9H9F3O4. The highest BCUT2D eigenvalue weighted by Crippen LogP contribution is 2.31. The normalized spacial score (nSPS) is 15.8. The lowest BCUT2D eigenvalue weighted by Crippen LogP contribution is -2.37. The predicted octanol–water partition coefficient (Wildman–Crippen LogP) is 1.68. The Bertz CT molecular complexity index is 392. The van der Waals surface area contributed by atoms with Gasteiger partial charge in [0.15, 0.2) is 5.60 Å². The summed E-state index contributed by atoms with van der Waals surface area (Å²) >= 11 is 0. The summed E-state index contributed by atoms with van der Waals surface area (Å²) in [6, 6.07) is 1.67. The van der Waals surface area contributed by atoms with Gasteiger partial charge in [-0.2, -0.15) is 13.2 Å². The van der Waals surface area contributed by atoms with Gasteiger partial charge in [0.2, 0.25) is 5.76 Å². The van der Waals surface area contributed by atoms with Crippen molar-refractivity contribution in [1.82, 2.24) is 0 Å². The van der Waals surface area contributed by atoms with Crippen LogP contribution in [0.3, 0.4) is 0 Å². The minimum atomic E-state index is -4.62. The summed E-state index contributed by atoms with van der Waals surface area (Å²) in [6.45, 7) is 0.977. The second kappa shape index (κ2) is 3.82. The molecule has 1 aromatic rings. The van der Waals surface area contributed by atoms with Gasteiger partial charge in [-0.3, -0.25) is 0 Å². The molecule has 0 fully saturated rings. The maximum atomic E-state index is 12.1. The molecule has 1 aromatic heterocycles. The molecule has 0 aliphatic carbocycles. The van der Waals surface area contributed by atoms with Crippen LogP contribution in [-0.2, 0) is 17.4 Å². The van der Waals surface area contributed by atoms with Gasteiger partial charge in [0, 0.05) is 6.42 Å². The quantitative estimate of drug-likeness (QED) is 0.840. The van der Waals surface area contributed by atoms with E-state index < -0.39 is 29.9 Å². The Morgan fingerprint density at radius 3 is 2.38 bits per heavy atom. The summed E-state index contributed by atoms with van der Waals surface area (Å²) in [5.41, 5.74) is -2.15. The van der Waals surface area contributed by atoms with E-state index in [0.29, 0.717) is 6.07 Å². The van der Waals surface area contributed by atoms with Crippen LogP contribution in [0.15, 0.2) is 16.5 Å². The molecular weight excluding hydrogens is 229 g/mol. The first-order valence-corrected chi connectivity index (χ1v) is 4.24. The molecule has 0 saturated heterocycles. The van der Waals surface area contributed by atoms with Crippen molar-refractivity contribution in [2.75, 3.05) is 0 Å². The first kappa shape index (κ1) is 12.6. The molecule has 0 aliphatic heterocycles. The zero-order valence-corrected chi connectivity index (χ0v) is 8.21. The fraction of sp³-hybridized carbons (Fsp3) is 0.444. The number of aliphatic hydroxyl groups is 1. The Morgan fingerprint density at radius 2 is 2.00 bits per heavy atom. The monoisotopic (exact) mass is 238 g/mol. The van der Waals surface area contributed by atoms with Gasteiger partial charge in [0.1, 0.15) is 5.76 Å². The molecule has 1 rings (SSSR count). The molecule has 0 saturated carbocycles. The van der Waals surface area contributed by atoms with Crippen LogP contribution in [0, 0.1) is 0 Å². The average Bonchev–Trinajstić information content (AvgIpc) is 2.50. The van der Waals surface area contributed by atoms with E-state index >= 15 is 0 Å². The van der Waals surface area contributed by atoms with E-state index in [0.717, 1.165) is 13.0 Å². The van der Waals surface area contributed by atoms with E-state index in [4.69, 9.17) is 5.11 Å². The lowest BCUT2D eigenvalue weighted by molar-refractivity contribution is -0.157. The van der Waals surface area contributed by atoms with E-state index in [1.165, 1.54) is 0 Å². The molecule has 0 radical (unpaired) electrons. The van der Waals surface area contributed by atoms with E-state index in [9.17, 15) is 23.1 Å². The number of furan rings is 1. The zero-order chi connectivity index (χ0) is 12.6. The maximum absolute atomic E-state index is 12.1. The number of aliphatic carboxylic acids is 1. The van der Waals surface area contributed by atoms with Crippen molar-refractivity contribution in [2.45, 2.75) is 25.1 Å². The van der Waals surface area contributed by atoms with Crippen LogP contribution in [-0.4, -0.2) is 21.8 Å². The van der Waals surface area contributed by atoms with Gasteiger partial charge in [0.25, 0.3) is 0 Å². The molecule has 1 heterocycles. The smallest absolute Gasteiger partial charge is 0.449 e. The largest absolute Gasteiger partial charge is 0.479 e. The lowest BCUT2D eigenvalue weighted by Gasteiger charge is -2.15. The van der Waals surface area contributed by atoms with Gasteiger partial charge in [-0.15, -0.1) is 0 Å². The predicted molar refractivity (Wildman–Crippen MR) is 45.7 cm³/mol. The third-order valence-electron chi connectivity index (χ3n) is 1.92. The number of rotatable bonds is 3. The molecule has 0 aliphatic rings. The van der Waals surface area contributed by atoms with E-state index in [1.54, 1.807) is 0 Å². The molecule has 90 valence electrons. The van der Waals surface area contributed by atoms with Crippen molar-refractivity contribution < 1.29 is 32.6 Å². The fourth-order valence-corrected chi connectivity index (χ4v) is 1.04. The first-order valence-electron chi connectivity index (χ1n) is 4.24. The summed E-state index contributed by atoms with van der Waals surface area (Å²) in [4.78, 5) is 10.5. The molecule has 2 N–H and O–H groups in total. The van der Waals surface area contributed by atoms with Crippen molar-refractivity contribution in [3.05, 3.63) is 23.7 Å². The van der Waals surface area contributed by atoms with Crippen molar-refractivity contribution >= 4 is 5.97 Å². The molecule has 0 bridgehead atoms. The number of carboxylic acids is 1. The van der Waals surface area contributed by atoms with Crippen LogP contribution >= 0.6 is 0 Å². The SMILES string of the molecule is CC(O)(Cc1ccc(C(F)(F)F)o1)C(=O)O. The second-order valence-electron chi connectivity index (χ2n) is 3.52. The van der Waals surface area contributed by atoms with Gasteiger partial charge in [0.05, 0.1) is 0 Å². The molecule has 0 spiro atoms. The first-order chi connectivity index (χ1) is 7.13. The van der Waals surface area contributed by atoms with Crippen LogP contribution < -0.4 is 0 Å². The van der Waals surface area contributed by atoms with Crippen LogP contribution in [0.2, 0.25) is 0 Å². The van der Waals surface area contributed by atoms with E-state index in [2.05, 4.69) is 4.42 Å². The molecule has 0 aromatic carbocycles. The van der Waals surface area contributed by atoms with Crippen molar-refractivity contribution in [3.63, 3.8) is 0 Å². The summed E-state index contributed by atoms with van der Waals surface area (Å²) in [7, 11) is 0. The van der Waals surface area contributed by atoms with Crippen molar-refractivity contribution in [2.24, 2.45) is 0 Å². The Kier molecular flexibility index (Phi) is 3.00. The molecule has 0 amide bonds. The second-order valence-corrected chi connectivity index (χ2v) is 3.52. The number of halogens is 3. The molecule has 16 heavy (non-hydrogen) atoms. The van der Waals surface area contributed by atoms with Gasteiger partial charge >= 0.3 is 12.1 Å². The molecule has 4 nitrogen and oxygen atoms in total. The summed E-state index contributed by atoms with van der Waals surface area (Å²) in [5, 5.41) is 17.9. The lowest BCUT2D eigenvalue weighted by atomic mass is 10.0. The Hall–Kier alpha value is -1.50. The standard InChI is InChI=1S/C9H9F3O4/c1-8(15,7(13)14)4-5-2-3-6(16-5)9(10,11)12/h2-3,15H,4H2,1H3,(H,13,14). The molecule has 7 heteroatoms. The fourth-order valence-electron chi connectivity index (χ4n) is 1.04. The Morgan fingerprint density at radius 1 is 1.44 bits per heavy atom. The average molecular weight is 238 g/mol. The number of hydrogen-bond donors (Lipinski definition) is 2. The number of carboxylic acid groups (broad SMARTS) is 1. The minimum absolute atomic E-state index is 0.236. The van der Waals surface area contributed by atoms with E-state index in [1.807, 2.05) is 0 Å². The van der Waals surface area contributed by atoms with Crippen molar-refractivity contribution in [1.29, 1.82) is 0 Å². The Labute approximate surface area is 88.3 Å². The third-order valence-corrected chi connectivity index (χ3v) is 1.92. The van der Waals surface area contributed by atoms with Gasteiger partial charge in [-0.25, -0.2) is 4.79 Å².